The van der Waals surface area contributed by atoms with Crippen LogP contribution in [-0.2, 0) is 16.2 Å². The zero-order valence-corrected chi connectivity index (χ0v) is 18.7. The van der Waals surface area contributed by atoms with Gasteiger partial charge in [-0.05, 0) is 46.9 Å². The fourth-order valence-electron chi connectivity index (χ4n) is 2.39. The molecule has 1 unspecified atom stereocenters. The van der Waals surface area contributed by atoms with Crippen LogP contribution in [0.3, 0.4) is 0 Å². The predicted octanol–water partition coefficient (Wildman–Crippen LogP) is 1.48. The van der Waals surface area contributed by atoms with Gasteiger partial charge in [0.05, 0.1) is 43.4 Å². The number of rotatable bonds is 12. The van der Waals surface area contributed by atoms with Crippen LogP contribution >= 0.6 is 22.6 Å². The van der Waals surface area contributed by atoms with Gasteiger partial charge < -0.3 is 20.6 Å². The van der Waals surface area contributed by atoms with Gasteiger partial charge in [0.15, 0.2) is 11.6 Å². The van der Waals surface area contributed by atoms with E-state index in [0.717, 1.165) is 12.1 Å². The van der Waals surface area contributed by atoms with Gasteiger partial charge in [-0.1, -0.05) is 0 Å². The van der Waals surface area contributed by atoms with Crippen molar-refractivity contribution in [2.24, 2.45) is 0 Å². The van der Waals surface area contributed by atoms with Crippen molar-refractivity contribution in [1.82, 2.24) is 11.0 Å². The molecule has 2 rings (SSSR count). The number of carbonyl (C=O) groups excluding carboxylic acids is 1. The van der Waals surface area contributed by atoms with Gasteiger partial charge in [-0.25, -0.2) is 18.7 Å². The Bertz CT molecular complexity index is 938. The second kappa shape index (κ2) is 12.9. The van der Waals surface area contributed by atoms with E-state index < -0.39 is 60.5 Å². The van der Waals surface area contributed by atoms with Crippen LogP contribution in [0.5, 0.6) is 0 Å². The molecule has 0 bridgehead atoms. The van der Waals surface area contributed by atoms with Crippen LogP contribution in [0.15, 0.2) is 24.3 Å². The average molecular weight is 571 g/mol. The number of hydrogen-bond acceptors (Lipinski definition) is 8. The molecule has 0 aromatic heterocycles. The van der Waals surface area contributed by atoms with E-state index in [-0.39, 0.29) is 24.5 Å². The van der Waals surface area contributed by atoms with Crippen molar-refractivity contribution in [1.29, 1.82) is 0 Å². The lowest BCUT2D eigenvalue weighted by molar-refractivity contribution is -0.0397. The Kier molecular flexibility index (Phi) is 10.6. The van der Waals surface area contributed by atoms with Gasteiger partial charge in [0.25, 0.3) is 5.91 Å². The molecule has 13 heteroatoms. The summed E-state index contributed by atoms with van der Waals surface area (Å²) in [5.41, 5.74) is 2.71. The van der Waals surface area contributed by atoms with E-state index in [2.05, 4.69) is 10.8 Å². The number of carbonyl (C=O) groups is 1. The van der Waals surface area contributed by atoms with Crippen LogP contribution in [-0.4, -0.2) is 53.8 Å². The summed E-state index contributed by atoms with van der Waals surface area (Å²) in [5.74, 6) is -4.51. The molecule has 0 spiro atoms. The van der Waals surface area contributed by atoms with Gasteiger partial charge in [0.2, 0.25) is 0 Å². The largest absolute Gasteiger partial charge is 0.394 e. The molecule has 2 aromatic carbocycles. The average Bonchev–Trinajstić information content (AvgIpc) is 2.77. The van der Waals surface area contributed by atoms with E-state index in [4.69, 9.17) is 19.9 Å². The Hall–Kier alpha value is -2.01. The van der Waals surface area contributed by atoms with Crippen molar-refractivity contribution >= 4 is 39.9 Å². The zero-order chi connectivity index (χ0) is 23.7. The van der Waals surface area contributed by atoms with Crippen LogP contribution < -0.4 is 16.3 Å². The minimum atomic E-state index is -1.45. The summed E-state index contributed by atoms with van der Waals surface area (Å²) < 4.78 is 44.3. The lowest BCUT2D eigenvalue weighted by Crippen LogP contribution is -2.28. The Balaban J connectivity index is 2.35. The smallest absolute Gasteiger partial charge is 0.277 e. The summed E-state index contributed by atoms with van der Waals surface area (Å²) in [6, 6.07) is 4.99. The number of halogens is 4. The van der Waals surface area contributed by atoms with Gasteiger partial charge in [0, 0.05) is 15.7 Å². The quantitative estimate of drug-likeness (QED) is 0.128. The third kappa shape index (κ3) is 7.26. The van der Waals surface area contributed by atoms with Crippen LogP contribution in [0.2, 0.25) is 0 Å². The molecule has 0 heterocycles. The van der Waals surface area contributed by atoms with E-state index >= 15 is 0 Å². The highest BCUT2D eigenvalue weighted by atomic mass is 127. The molecule has 6 N–H and O–H groups in total. The summed E-state index contributed by atoms with van der Waals surface area (Å²) in [7, 11) is 0. The molecule has 0 fully saturated rings. The van der Waals surface area contributed by atoms with Crippen LogP contribution in [0.1, 0.15) is 15.9 Å². The summed E-state index contributed by atoms with van der Waals surface area (Å²) in [5, 5.41) is 29.1. The second-order valence-electron chi connectivity index (χ2n) is 6.31. The lowest BCUT2D eigenvalue weighted by atomic mass is 10.1. The van der Waals surface area contributed by atoms with Gasteiger partial charge in [-0.3, -0.25) is 14.5 Å². The Morgan fingerprint density at radius 1 is 1.12 bits per heavy atom. The molecule has 1 amide bonds. The van der Waals surface area contributed by atoms with Crippen molar-refractivity contribution in [3.63, 3.8) is 0 Å². The van der Waals surface area contributed by atoms with E-state index in [0.29, 0.717) is 3.57 Å². The van der Waals surface area contributed by atoms with Gasteiger partial charge in [-0.2, -0.15) is 5.48 Å². The third-order valence-electron chi connectivity index (χ3n) is 3.93. The first-order valence-electron chi connectivity index (χ1n) is 9.18. The number of aliphatic hydroxyl groups is 3. The van der Waals surface area contributed by atoms with Crippen LogP contribution in [0.25, 0.3) is 0 Å². The maximum atomic E-state index is 14.9. The van der Waals surface area contributed by atoms with Gasteiger partial charge >= 0.3 is 0 Å². The maximum absolute atomic E-state index is 14.9. The molecular weight excluding hydrogens is 550 g/mol. The van der Waals surface area contributed by atoms with Crippen molar-refractivity contribution in [2.45, 2.75) is 12.6 Å². The summed E-state index contributed by atoms with van der Waals surface area (Å²) in [4.78, 5) is 22.1. The lowest BCUT2D eigenvalue weighted by Gasteiger charge is -2.17. The van der Waals surface area contributed by atoms with E-state index in [1.54, 1.807) is 0 Å². The van der Waals surface area contributed by atoms with Crippen molar-refractivity contribution in [2.75, 3.05) is 31.7 Å². The minimum absolute atomic E-state index is 0.193. The first-order valence-corrected chi connectivity index (χ1v) is 10.3. The third-order valence-corrected chi connectivity index (χ3v) is 4.60. The Morgan fingerprint density at radius 3 is 2.53 bits per heavy atom. The normalized spacial score (nSPS) is 12.0. The predicted molar refractivity (Wildman–Crippen MR) is 115 cm³/mol. The van der Waals surface area contributed by atoms with Crippen molar-refractivity contribution < 1.29 is 43.0 Å². The monoisotopic (exact) mass is 571 g/mol. The summed E-state index contributed by atoms with van der Waals surface area (Å²) in [6.45, 7) is -1.94. The first-order chi connectivity index (χ1) is 15.3. The summed E-state index contributed by atoms with van der Waals surface area (Å²) in [6.07, 6.45) is -1.18. The Labute approximate surface area is 194 Å². The minimum Gasteiger partial charge on any atom is -0.394 e. The van der Waals surface area contributed by atoms with Crippen LogP contribution in [0.4, 0.5) is 24.5 Å². The molecule has 176 valence electrons. The maximum Gasteiger partial charge on any atom is 0.277 e. The number of aliphatic hydroxyl groups excluding tert-OH is 3. The molecule has 0 radical (unpaired) electrons. The highest BCUT2D eigenvalue weighted by Crippen LogP contribution is 2.30. The zero-order valence-electron chi connectivity index (χ0n) is 16.5. The van der Waals surface area contributed by atoms with Gasteiger partial charge in [0.1, 0.15) is 11.9 Å². The number of benzene rings is 2. The fraction of sp³-hybridized carbons (Fsp3) is 0.316. The highest BCUT2D eigenvalue weighted by Gasteiger charge is 2.24. The molecule has 1 atom stereocenters. The number of nitrogens with one attached hydrogen (secondary N) is 3. The number of hydroxylamine groups is 2. The topological polar surface area (TPSA) is 132 Å². The molecule has 2 aromatic rings. The van der Waals surface area contributed by atoms with E-state index in [1.807, 2.05) is 28.1 Å². The molecule has 0 aliphatic rings. The molecule has 0 aliphatic heterocycles. The van der Waals surface area contributed by atoms with Crippen LogP contribution in [0, 0.1) is 21.0 Å². The number of hydrogen-bond donors (Lipinski definition) is 6. The molecule has 32 heavy (non-hydrogen) atoms. The molecular formula is C19H21F3IN3O6. The number of amides is 1. The number of anilines is 2. The SMILES string of the molecule is O=C(NOCCO)c1cc(CNOCC(O)CO)c(F)c(F)c1Nc1ccc(I)cc1F. The standard InChI is InChI=1S/C19H21F3IN3O6/c20-14-6-11(23)1-2-15(14)25-18-13(19(30)26-31-4-3-27)5-10(16(21)17(18)22)7-24-32-9-12(29)8-28/h1-2,5-6,12,24-25,27-29H,3-4,7-9H2,(H,26,30). The molecule has 0 saturated heterocycles. The van der Waals surface area contributed by atoms with E-state index in [1.165, 1.54) is 12.1 Å². The first kappa shape index (κ1) is 26.2. The second-order valence-corrected chi connectivity index (χ2v) is 7.55. The fourth-order valence-corrected chi connectivity index (χ4v) is 2.84. The van der Waals surface area contributed by atoms with E-state index in [9.17, 15) is 23.1 Å². The molecule has 0 aliphatic carbocycles. The molecule has 0 saturated carbocycles. The van der Waals surface area contributed by atoms with Crippen molar-refractivity contribution in [3.05, 3.63) is 56.4 Å². The highest BCUT2D eigenvalue weighted by molar-refractivity contribution is 14.1. The Morgan fingerprint density at radius 2 is 1.88 bits per heavy atom. The van der Waals surface area contributed by atoms with Gasteiger partial charge in [-0.15, -0.1) is 0 Å². The molecule has 9 nitrogen and oxygen atoms in total. The van der Waals surface area contributed by atoms with Crippen molar-refractivity contribution in [3.8, 4) is 0 Å². The summed E-state index contributed by atoms with van der Waals surface area (Å²) >= 11 is 1.88.